The summed E-state index contributed by atoms with van der Waals surface area (Å²) in [5.41, 5.74) is 7.90. The molecule has 0 radical (unpaired) electrons. The van der Waals surface area contributed by atoms with E-state index in [0.717, 1.165) is 80.3 Å². The number of pyridine rings is 1. The Morgan fingerprint density at radius 1 is 0.855 bits per heavy atom. The van der Waals surface area contributed by atoms with Gasteiger partial charge in [-0.25, -0.2) is 13.1 Å². The number of hydrogen-bond donors (Lipinski definition) is 4. The van der Waals surface area contributed by atoms with Crippen LogP contribution in [0.3, 0.4) is 0 Å². The van der Waals surface area contributed by atoms with Gasteiger partial charge in [0.1, 0.15) is 16.7 Å². The molecule has 13 nitrogen and oxygen atoms in total. The SMILES string of the molecule is CC(=O)N1CCC[C@H]1C(N)=O.COc1ccc2c(=O)cc(-c3ccccc3)[nH]c2c1.O=C1CCCCCCC[C@@H]2C[C@@H]2C(=O)NS(=O)(=O)c2ccccc2N1. The summed E-state index contributed by atoms with van der Waals surface area (Å²) >= 11 is 0. The Bertz CT molecular complexity index is 2150. The predicted octanol–water partition coefficient (Wildman–Crippen LogP) is 5.50. The molecule has 3 atom stereocenters. The predicted molar refractivity (Wildman–Crippen MR) is 210 cm³/mol. The monoisotopic (exact) mass is 771 g/mol. The van der Waals surface area contributed by atoms with E-state index in [1.54, 1.807) is 43.5 Å². The maximum absolute atomic E-state index is 12.6. The minimum Gasteiger partial charge on any atom is -0.497 e. The van der Waals surface area contributed by atoms with Gasteiger partial charge in [-0.1, -0.05) is 68.1 Å². The van der Waals surface area contributed by atoms with Gasteiger partial charge in [-0.05, 0) is 67.9 Å². The fourth-order valence-electron chi connectivity index (χ4n) is 6.96. The Kier molecular flexibility index (Phi) is 13.8. The number of aromatic nitrogens is 1. The molecule has 292 valence electrons. The summed E-state index contributed by atoms with van der Waals surface area (Å²) < 4.78 is 32.5. The van der Waals surface area contributed by atoms with Gasteiger partial charge in [0.15, 0.2) is 5.43 Å². The van der Waals surface area contributed by atoms with Crippen LogP contribution in [0.25, 0.3) is 22.2 Å². The van der Waals surface area contributed by atoms with Crippen LogP contribution in [0.2, 0.25) is 0 Å². The van der Waals surface area contributed by atoms with Crippen LogP contribution in [0.1, 0.15) is 71.1 Å². The first kappa shape index (κ1) is 40.7. The number of nitrogens with zero attached hydrogens (tertiary/aromatic N) is 1. The van der Waals surface area contributed by atoms with E-state index >= 15 is 0 Å². The number of nitrogens with two attached hydrogens (primary N) is 1. The van der Waals surface area contributed by atoms with Gasteiger partial charge in [-0.3, -0.25) is 24.0 Å². The number of amides is 4. The second kappa shape index (κ2) is 18.7. The van der Waals surface area contributed by atoms with E-state index in [2.05, 4.69) is 15.0 Å². The highest BCUT2D eigenvalue weighted by Gasteiger charge is 2.43. The van der Waals surface area contributed by atoms with Crippen LogP contribution in [0, 0.1) is 11.8 Å². The van der Waals surface area contributed by atoms with Crippen molar-refractivity contribution in [2.24, 2.45) is 17.6 Å². The first-order valence-electron chi connectivity index (χ1n) is 18.7. The average molecular weight is 772 g/mol. The number of hydrogen-bond acceptors (Lipinski definition) is 8. The zero-order chi connectivity index (χ0) is 39.5. The third-order valence-corrected chi connectivity index (χ3v) is 11.4. The number of carbonyl (C=O) groups is 4. The summed E-state index contributed by atoms with van der Waals surface area (Å²) in [6.45, 7) is 2.13. The van der Waals surface area contributed by atoms with Crippen molar-refractivity contribution in [3.05, 3.63) is 89.1 Å². The van der Waals surface area contributed by atoms with Gasteiger partial charge in [0.05, 0.1) is 18.3 Å². The van der Waals surface area contributed by atoms with Crippen LogP contribution in [-0.2, 0) is 29.2 Å². The van der Waals surface area contributed by atoms with E-state index in [4.69, 9.17) is 10.5 Å². The quantitative estimate of drug-likeness (QED) is 0.210. The number of fused-ring (bicyclic) bond motifs is 3. The minimum atomic E-state index is -4.00. The van der Waals surface area contributed by atoms with E-state index < -0.39 is 21.8 Å². The zero-order valence-corrected chi connectivity index (χ0v) is 32.0. The maximum atomic E-state index is 12.6. The Labute approximate surface area is 321 Å². The molecule has 1 aromatic heterocycles. The minimum absolute atomic E-state index is 0.00950. The van der Waals surface area contributed by atoms with Gasteiger partial charge in [0, 0.05) is 49.0 Å². The number of nitrogens with one attached hydrogen (secondary N) is 3. The molecule has 55 heavy (non-hydrogen) atoms. The molecule has 4 amide bonds. The van der Waals surface area contributed by atoms with Crippen molar-refractivity contribution in [2.45, 2.75) is 82.1 Å². The number of ether oxygens (including phenoxy) is 1. The molecule has 1 saturated carbocycles. The van der Waals surface area contributed by atoms with Crippen LogP contribution in [0.4, 0.5) is 5.69 Å². The summed E-state index contributed by atoms with van der Waals surface area (Å²) in [4.78, 5) is 62.8. The summed E-state index contributed by atoms with van der Waals surface area (Å²) in [5, 5.41) is 3.33. The number of sulfonamides is 1. The van der Waals surface area contributed by atoms with E-state index in [0.29, 0.717) is 24.3 Å². The molecule has 0 bridgehead atoms. The smallest absolute Gasteiger partial charge is 0.266 e. The lowest BCUT2D eigenvalue weighted by Crippen LogP contribution is -2.42. The normalized spacial score (nSPS) is 20.8. The first-order chi connectivity index (χ1) is 26.4. The van der Waals surface area contributed by atoms with Crippen molar-refractivity contribution in [1.82, 2.24) is 14.6 Å². The molecule has 2 fully saturated rings. The second-order valence-corrected chi connectivity index (χ2v) is 15.7. The highest BCUT2D eigenvalue weighted by molar-refractivity contribution is 7.90. The van der Waals surface area contributed by atoms with Crippen LogP contribution in [0.15, 0.2) is 88.6 Å². The number of rotatable bonds is 3. The average Bonchev–Trinajstić information content (AvgIpc) is 3.76. The number of anilines is 1. The fraction of sp³-hybridized carbons (Fsp3) is 0.390. The second-order valence-electron chi connectivity index (χ2n) is 14.0. The molecule has 1 aliphatic carbocycles. The van der Waals surface area contributed by atoms with Crippen molar-refractivity contribution in [1.29, 1.82) is 0 Å². The third kappa shape index (κ3) is 11.0. The molecule has 3 aromatic carbocycles. The summed E-state index contributed by atoms with van der Waals surface area (Å²) in [7, 11) is -2.39. The number of methoxy groups -OCH3 is 1. The lowest BCUT2D eigenvalue weighted by atomic mass is 10.1. The van der Waals surface area contributed by atoms with Crippen molar-refractivity contribution in [2.75, 3.05) is 19.0 Å². The molecule has 3 aliphatic rings. The summed E-state index contributed by atoms with van der Waals surface area (Å²) in [6.07, 6.45) is 8.71. The number of primary amides is 1. The zero-order valence-electron chi connectivity index (χ0n) is 31.2. The largest absolute Gasteiger partial charge is 0.497 e. The van der Waals surface area contributed by atoms with Gasteiger partial charge in [0.25, 0.3) is 10.0 Å². The molecule has 4 aromatic rings. The third-order valence-electron chi connectivity index (χ3n) is 10.0. The topological polar surface area (TPSA) is 198 Å². The standard InChI is InChI=1S/C18H24N2O4S.C16H13NO2.C7H12N2O2/c21-17-11-5-3-1-2-4-8-13-12-14(13)18(22)20-25(23,24)16-10-7-6-9-15(16)19-17;1-19-12-7-8-13-15(9-12)17-14(10-16(13)18)11-5-3-2-4-6-11;1-5(10)9-4-2-3-6(9)7(8)11/h6-7,9-10,13-14H,1-5,8,11-12H2,(H,19,21)(H,20,22);2-10H,1H3,(H,17,18);6H,2-4H2,1H3,(H2,8,11)/t13-,14+;;6-/m1.0/s1. The van der Waals surface area contributed by atoms with Crippen molar-refractivity contribution < 1.29 is 32.3 Å². The highest BCUT2D eigenvalue weighted by atomic mass is 32.2. The molecular weight excluding hydrogens is 723 g/mol. The highest BCUT2D eigenvalue weighted by Crippen LogP contribution is 2.43. The van der Waals surface area contributed by atoms with Crippen LogP contribution in [0.5, 0.6) is 5.75 Å². The van der Waals surface area contributed by atoms with E-state index in [9.17, 15) is 32.4 Å². The molecule has 2 aliphatic heterocycles. The first-order valence-corrected chi connectivity index (χ1v) is 20.1. The van der Waals surface area contributed by atoms with E-state index in [1.807, 2.05) is 36.4 Å². The number of H-pyrrole nitrogens is 1. The maximum Gasteiger partial charge on any atom is 0.266 e. The fourth-order valence-corrected chi connectivity index (χ4v) is 8.15. The molecule has 0 spiro atoms. The number of benzene rings is 3. The van der Waals surface area contributed by atoms with E-state index in [1.165, 1.54) is 17.9 Å². The van der Waals surface area contributed by atoms with Crippen LogP contribution in [-0.4, -0.2) is 61.6 Å². The van der Waals surface area contributed by atoms with Crippen molar-refractivity contribution in [3.8, 4) is 17.0 Å². The van der Waals surface area contributed by atoms with Gasteiger partial charge in [-0.2, -0.15) is 0 Å². The number of carbonyl (C=O) groups excluding carboxylic acids is 4. The van der Waals surface area contributed by atoms with Gasteiger partial charge in [0.2, 0.25) is 23.6 Å². The van der Waals surface area contributed by atoms with Gasteiger partial charge in [-0.15, -0.1) is 0 Å². The summed E-state index contributed by atoms with van der Waals surface area (Å²) in [6, 6.07) is 22.6. The molecule has 1 saturated heterocycles. The Balaban J connectivity index is 0.000000170. The van der Waals surface area contributed by atoms with Crippen LogP contribution < -0.4 is 25.9 Å². The number of likely N-dealkylation sites (tertiary alicyclic amines) is 1. The van der Waals surface area contributed by atoms with Crippen molar-refractivity contribution >= 4 is 50.2 Å². The Hall–Kier alpha value is -5.50. The molecule has 0 unspecified atom stereocenters. The Morgan fingerprint density at radius 3 is 2.27 bits per heavy atom. The lowest BCUT2D eigenvalue weighted by Gasteiger charge is -2.19. The molecule has 5 N–H and O–H groups in total. The molecule has 14 heteroatoms. The Morgan fingerprint density at radius 2 is 1.56 bits per heavy atom. The lowest BCUT2D eigenvalue weighted by molar-refractivity contribution is -0.135. The molecular formula is C41H49N5O8S. The van der Waals surface area contributed by atoms with Gasteiger partial charge < -0.3 is 25.7 Å². The van der Waals surface area contributed by atoms with Crippen molar-refractivity contribution in [3.63, 3.8) is 0 Å². The number of aromatic amines is 1. The summed E-state index contributed by atoms with van der Waals surface area (Å²) in [5.74, 6) is -0.263. The van der Waals surface area contributed by atoms with Gasteiger partial charge >= 0.3 is 0 Å². The molecule has 3 heterocycles. The molecule has 7 rings (SSSR count). The van der Waals surface area contributed by atoms with E-state index in [-0.39, 0.29) is 39.8 Å². The van der Waals surface area contributed by atoms with Crippen LogP contribution >= 0.6 is 0 Å². The number of para-hydroxylation sites is 1.